The number of anilines is 2. The van der Waals surface area contributed by atoms with E-state index < -0.39 is 11.9 Å². The van der Waals surface area contributed by atoms with Gasteiger partial charge in [-0.1, -0.05) is 60.5 Å². The first-order valence-corrected chi connectivity index (χ1v) is 14.7. The third-order valence-corrected chi connectivity index (χ3v) is 7.16. The summed E-state index contributed by atoms with van der Waals surface area (Å²) in [4.78, 5) is 34.7. The summed E-state index contributed by atoms with van der Waals surface area (Å²) in [5.41, 5.74) is 3.92. The topological polar surface area (TPSA) is 109 Å². The summed E-state index contributed by atoms with van der Waals surface area (Å²) in [6, 6.07) is 27.0. The normalized spacial score (nSPS) is 11.3. The minimum absolute atomic E-state index is 0.00334. The van der Waals surface area contributed by atoms with Crippen molar-refractivity contribution >= 4 is 34.2 Å². The van der Waals surface area contributed by atoms with Gasteiger partial charge in [0, 0.05) is 40.9 Å². The number of terminal acetylenes is 1. The molecule has 9 heteroatoms. The number of ether oxygens (including phenoxy) is 4. The summed E-state index contributed by atoms with van der Waals surface area (Å²) in [7, 11) is 1.59. The van der Waals surface area contributed by atoms with Gasteiger partial charge in [-0.05, 0) is 42.8 Å². The van der Waals surface area contributed by atoms with Crippen molar-refractivity contribution in [2.45, 2.75) is 12.8 Å². The monoisotopic (exact) mass is 615 g/mol. The van der Waals surface area contributed by atoms with Crippen molar-refractivity contribution in [1.29, 1.82) is 0 Å². The largest absolute Gasteiger partial charge is 0.487 e. The highest BCUT2D eigenvalue weighted by Gasteiger charge is 2.19. The molecule has 0 radical (unpaired) electrons. The van der Waals surface area contributed by atoms with E-state index in [1.165, 1.54) is 6.33 Å². The van der Waals surface area contributed by atoms with Crippen LogP contribution in [0, 0.1) is 12.3 Å². The van der Waals surface area contributed by atoms with Crippen LogP contribution in [0.1, 0.15) is 39.9 Å². The van der Waals surface area contributed by atoms with E-state index in [-0.39, 0.29) is 19.0 Å². The van der Waals surface area contributed by atoms with Crippen molar-refractivity contribution in [2.24, 2.45) is 0 Å². The van der Waals surface area contributed by atoms with E-state index in [1.54, 1.807) is 62.6 Å². The molecular formula is C37H33N3O6. The highest BCUT2D eigenvalue weighted by Crippen LogP contribution is 2.35. The lowest BCUT2D eigenvalue weighted by Crippen LogP contribution is -2.18. The molecule has 0 aliphatic heterocycles. The minimum atomic E-state index is -0.587. The fourth-order valence-electron chi connectivity index (χ4n) is 4.71. The second kappa shape index (κ2) is 15.3. The van der Waals surface area contributed by atoms with Crippen molar-refractivity contribution in [3.05, 3.63) is 120 Å². The molecule has 9 nitrogen and oxygen atoms in total. The van der Waals surface area contributed by atoms with Crippen molar-refractivity contribution < 1.29 is 28.5 Å². The van der Waals surface area contributed by atoms with Crippen molar-refractivity contribution in [1.82, 2.24) is 9.97 Å². The van der Waals surface area contributed by atoms with E-state index in [1.807, 2.05) is 42.5 Å². The molecule has 0 saturated heterocycles. The van der Waals surface area contributed by atoms with E-state index in [0.29, 0.717) is 58.1 Å². The van der Waals surface area contributed by atoms with Crippen LogP contribution in [-0.4, -0.2) is 55.3 Å². The summed E-state index contributed by atoms with van der Waals surface area (Å²) < 4.78 is 22.7. The van der Waals surface area contributed by atoms with Crippen LogP contribution in [0.3, 0.4) is 0 Å². The van der Waals surface area contributed by atoms with Gasteiger partial charge in [0.25, 0.3) is 0 Å². The SMILES string of the molecule is C#Cc1cccc(Nc2ncnc3cc(OCCOC)c(OCCOC(=O)C(C)c4cccc(C(=O)c5ccccc5)c4)cc23)c1. The highest BCUT2D eigenvalue weighted by molar-refractivity contribution is 6.09. The van der Waals surface area contributed by atoms with E-state index in [0.717, 1.165) is 11.3 Å². The van der Waals surface area contributed by atoms with Gasteiger partial charge < -0.3 is 24.3 Å². The maximum absolute atomic E-state index is 12.9. The van der Waals surface area contributed by atoms with Crippen LogP contribution in [0.2, 0.25) is 0 Å². The predicted octanol–water partition coefficient (Wildman–Crippen LogP) is 6.34. The number of carbonyl (C=O) groups is 2. The van der Waals surface area contributed by atoms with Crippen LogP contribution in [0.15, 0.2) is 97.3 Å². The number of carbonyl (C=O) groups excluding carboxylic acids is 2. The van der Waals surface area contributed by atoms with Crippen LogP contribution in [0.5, 0.6) is 11.5 Å². The Hall–Kier alpha value is -5.72. The molecule has 4 aromatic carbocycles. The summed E-state index contributed by atoms with van der Waals surface area (Å²) in [5, 5.41) is 3.99. The van der Waals surface area contributed by atoms with Gasteiger partial charge in [0.2, 0.25) is 0 Å². The molecule has 5 aromatic rings. The summed E-state index contributed by atoms with van der Waals surface area (Å²) in [5.74, 6) is 2.94. The second-order valence-corrected chi connectivity index (χ2v) is 10.3. The number of esters is 1. The quantitative estimate of drug-likeness (QED) is 0.0663. The molecule has 1 unspecified atom stereocenters. The van der Waals surface area contributed by atoms with Gasteiger partial charge in [-0.25, -0.2) is 9.97 Å². The Kier molecular flexibility index (Phi) is 10.6. The van der Waals surface area contributed by atoms with Crippen molar-refractivity contribution in [3.8, 4) is 23.8 Å². The number of aromatic nitrogens is 2. The Morgan fingerprint density at radius 1 is 0.826 bits per heavy atom. The number of hydrogen-bond donors (Lipinski definition) is 1. The van der Waals surface area contributed by atoms with Crippen LogP contribution < -0.4 is 14.8 Å². The first-order valence-electron chi connectivity index (χ1n) is 14.7. The lowest BCUT2D eigenvalue weighted by Gasteiger charge is -2.16. The fraction of sp³-hybridized carbons (Fsp3) is 0.189. The lowest BCUT2D eigenvalue weighted by atomic mass is 9.96. The number of methoxy groups -OCH3 is 1. The van der Waals surface area contributed by atoms with Gasteiger partial charge in [0.1, 0.15) is 32.0 Å². The molecule has 5 rings (SSSR count). The lowest BCUT2D eigenvalue weighted by molar-refractivity contribution is -0.145. The van der Waals surface area contributed by atoms with E-state index in [4.69, 9.17) is 25.4 Å². The third kappa shape index (κ3) is 7.86. The number of rotatable bonds is 14. The molecule has 0 fully saturated rings. The van der Waals surface area contributed by atoms with Gasteiger partial charge in [-0.2, -0.15) is 0 Å². The fourth-order valence-corrected chi connectivity index (χ4v) is 4.71. The molecule has 0 aliphatic carbocycles. The zero-order valence-corrected chi connectivity index (χ0v) is 25.6. The first kappa shape index (κ1) is 31.7. The van der Waals surface area contributed by atoms with Gasteiger partial charge in [-0.15, -0.1) is 6.42 Å². The molecule has 1 atom stereocenters. The Balaban J connectivity index is 1.27. The number of ketones is 1. The summed E-state index contributed by atoms with van der Waals surface area (Å²) >= 11 is 0. The highest BCUT2D eigenvalue weighted by atomic mass is 16.6. The number of fused-ring (bicyclic) bond motifs is 1. The van der Waals surface area contributed by atoms with Gasteiger partial charge in [0.05, 0.1) is 18.0 Å². The molecule has 0 spiro atoms. The number of nitrogens with one attached hydrogen (secondary N) is 1. The Bertz CT molecular complexity index is 1870. The molecular weight excluding hydrogens is 582 g/mol. The van der Waals surface area contributed by atoms with Crippen LogP contribution >= 0.6 is 0 Å². The van der Waals surface area contributed by atoms with E-state index in [9.17, 15) is 9.59 Å². The standard InChI is InChI=1S/C37H33N3O6/c1-4-26-10-8-15-30(20-26)40-36-31-22-33(34(44-17-16-43-3)23-32(31)38-24-39-36)45-18-19-46-37(42)25(2)28-13-9-14-29(21-28)35(41)27-11-6-5-7-12-27/h1,5-15,20-25H,16-19H2,2-3H3,(H,38,39,40). The van der Waals surface area contributed by atoms with Gasteiger partial charge in [0.15, 0.2) is 17.3 Å². The molecule has 0 saturated carbocycles. The van der Waals surface area contributed by atoms with Crippen LogP contribution in [0.4, 0.5) is 11.5 Å². The first-order chi connectivity index (χ1) is 22.5. The van der Waals surface area contributed by atoms with Crippen molar-refractivity contribution in [3.63, 3.8) is 0 Å². The molecule has 46 heavy (non-hydrogen) atoms. The van der Waals surface area contributed by atoms with Crippen LogP contribution in [-0.2, 0) is 14.3 Å². The Labute approximate surface area is 267 Å². The molecule has 1 heterocycles. The molecule has 1 aromatic heterocycles. The number of benzene rings is 4. The summed E-state index contributed by atoms with van der Waals surface area (Å²) in [6.07, 6.45) is 7.02. The van der Waals surface area contributed by atoms with E-state index in [2.05, 4.69) is 21.2 Å². The number of nitrogens with zero attached hydrogens (tertiary/aromatic N) is 2. The predicted molar refractivity (Wildman–Crippen MR) is 176 cm³/mol. The zero-order chi connectivity index (χ0) is 32.3. The second-order valence-electron chi connectivity index (χ2n) is 10.3. The Morgan fingerprint density at radius 3 is 2.35 bits per heavy atom. The maximum atomic E-state index is 12.9. The van der Waals surface area contributed by atoms with E-state index >= 15 is 0 Å². The summed E-state index contributed by atoms with van der Waals surface area (Å²) in [6.45, 7) is 2.49. The minimum Gasteiger partial charge on any atom is -0.487 e. The molecule has 0 aliphatic rings. The average Bonchev–Trinajstić information content (AvgIpc) is 3.10. The molecule has 0 bridgehead atoms. The smallest absolute Gasteiger partial charge is 0.313 e. The van der Waals surface area contributed by atoms with Gasteiger partial charge >= 0.3 is 5.97 Å². The Morgan fingerprint density at radius 2 is 1.57 bits per heavy atom. The molecule has 1 N–H and O–H groups in total. The van der Waals surface area contributed by atoms with Crippen LogP contribution in [0.25, 0.3) is 10.9 Å². The molecule has 232 valence electrons. The maximum Gasteiger partial charge on any atom is 0.313 e. The van der Waals surface area contributed by atoms with Gasteiger partial charge in [-0.3, -0.25) is 9.59 Å². The zero-order valence-electron chi connectivity index (χ0n) is 25.6. The number of hydrogen-bond acceptors (Lipinski definition) is 9. The average molecular weight is 616 g/mol. The van der Waals surface area contributed by atoms with Crippen molar-refractivity contribution in [2.75, 3.05) is 38.9 Å². The molecule has 0 amide bonds. The third-order valence-electron chi connectivity index (χ3n) is 7.16.